The fraction of sp³-hybridized carbons (Fsp3) is 1.00. The molecule has 17 heavy (non-hydrogen) atoms. The van der Waals surface area contributed by atoms with E-state index in [0.717, 1.165) is 12.0 Å². The minimum absolute atomic E-state index is 0.786. The van der Waals surface area contributed by atoms with Crippen LogP contribution in [0.3, 0.4) is 0 Å². The van der Waals surface area contributed by atoms with Crippen molar-refractivity contribution in [1.29, 1.82) is 0 Å². The number of nitrogens with one attached hydrogen (secondary N) is 2. The van der Waals surface area contributed by atoms with Crippen LogP contribution in [-0.2, 0) is 0 Å². The van der Waals surface area contributed by atoms with E-state index in [2.05, 4.69) is 22.6 Å². The minimum Gasteiger partial charge on any atom is -0.316 e. The smallest absolute Gasteiger partial charge is 0.00791 e. The Morgan fingerprint density at radius 2 is 2.00 bits per heavy atom. The Labute approximate surface area is 106 Å². The molecule has 2 aliphatic heterocycles. The number of rotatable bonds is 5. The van der Waals surface area contributed by atoms with Crippen molar-refractivity contribution in [2.45, 2.75) is 44.6 Å². The molecule has 0 bridgehead atoms. The van der Waals surface area contributed by atoms with Crippen molar-refractivity contribution in [3.8, 4) is 0 Å². The maximum absolute atomic E-state index is 3.66. The van der Waals surface area contributed by atoms with E-state index in [9.17, 15) is 0 Å². The van der Waals surface area contributed by atoms with Crippen molar-refractivity contribution < 1.29 is 0 Å². The van der Waals surface area contributed by atoms with Crippen LogP contribution >= 0.6 is 0 Å². The molecule has 1 atom stereocenters. The zero-order valence-electron chi connectivity index (χ0n) is 11.4. The van der Waals surface area contributed by atoms with Crippen LogP contribution in [0, 0.1) is 5.92 Å². The highest BCUT2D eigenvalue weighted by Gasteiger charge is 2.16. The summed E-state index contributed by atoms with van der Waals surface area (Å²) >= 11 is 0. The van der Waals surface area contributed by atoms with E-state index in [1.165, 1.54) is 71.2 Å². The van der Waals surface area contributed by atoms with Crippen LogP contribution < -0.4 is 10.6 Å². The molecular weight excluding hydrogens is 210 g/mol. The van der Waals surface area contributed by atoms with Gasteiger partial charge in [0.25, 0.3) is 0 Å². The van der Waals surface area contributed by atoms with E-state index < -0.39 is 0 Å². The summed E-state index contributed by atoms with van der Waals surface area (Å²) in [5.74, 6) is 0.922. The van der Waals surface area contributed by atoms with Crippen molar-refractivity contribution in [3.63, 3.8) is 0 Å². The fourth-order valence-electron chi connectivity index (χ4n) is 3.02. The van der Waals surface area contributed by atoms with Gasteiger partial charge in [0.2, 0.25) is 0 Å². The van der Waals surface area contributed by atoms with Gasteiger partial charge in [-0.2, -0.15) is 0 Å². The molecule has 0 radical (unpaired) electrons. The van der Waals surface area contributed by atoms with E-state index in [1.807, 2.05) is 0 Å². The molecule has 1 unspecified atom stereocenters. The topological polar surface area (TPSA) is 27.3 Å². The van der Waals surface area contributed by atoms with Crippen molar-refractivity contribution >= 4 is 0 Å². The molecule has 100 valence electrons. The van der Waals surface area contributed by atoms with Crippen molar-refractivity contribution in [1.82, 2.24) is 15.5 Å². The van der Waals surface area contributed by atoms with Crippen LogP contribution in [0.1, 0.15) is 38.5 Å². The van der Waals surface area contributed by atoms with Crippen LogP contribution in [0.25, 0.3) is 0 Å². The average Bonchev–Trinajstić information content (AvgIpc) is 2.38. The van der Waals surface area contributed by atoms with Gasteiger partial charge in [-0.3, -0.25) is 0 Å². The quantitative estimate of drug-likeness (QED) is 0.711. The summed E-state index contributed by atoms with van der Waals surface area (Å²) in [6.07, 6.45) is 8.25. The average molecular weight is 239 g/mol. The van der Waals surface area contributed by atoms with Gasteiger partial charge >= 0.3 is 0 Å². The molecule has 2 rings (SSSR count). The molecule has 0 spiro atoms. The maximum Gasteiger partial charge on any atom is 0.00791 e. The van der Waals surface area contributed by atoms with Gasteiger partial charge in [0.15, 0.2) is 0 Å². The second-order valence-electron chi connectivity index (χ2n) is 5.89. The number of hydrogen-bond acceptors (Lipinski definition) is 3. The number of piperidine rings is 2. The summed E-state index contributed by atoms with van der Waals surface area (Å²) in [6, 6.07) is 0.786. The third-order valence-corrected chi connectivity index (χ3v) is 4.35. The first-order valence-corrected chi connectivity index (χ1v) is 7.47. The Hall–Kier alpha value is -0.120. The lowest BCUT2D eigenvalue weighted by Gasteiger charge is -2.29. The first-order chi connectivity index (χ1) is 8.34. The second-order valence-corrected chi connectivity index (χ2v) is 5.89. The van der Waals surface area contributed by atoms with E-state index in [1.54, 1.807) is 0 Å². The van der Waals surface area contributed by atoms with E-state index in [-0.39, 0.29) is 0 Å². The maximum atomic E-state index is 3.66. The van der Waals surface area contributed by atoms with Gasteiger partial charge in [-0.1, -0.05) is 6.42 Å². The van der Waals surface area contributed by atoms with Crippen molar-refractivity contribution in [2.24, 2.45) is 5.92 Å². The molecule has 0 aromatic carbocycles. The number of nitrogens with zero attached hydrogens (tertiary/aromatic N) is 1. The summed E-state index contributed by atoms with van der Waals surface area (Å²) in [7, 11) is 2.23. The summed E-state index contributed by atoms with van der Waals surface area (Å²) in [6.45, 7) is 6.25. The van der Waals surface area contributed by atoms with E-state index >= 15 is 0 Å². The van der Waals surface area contributed by atoms with Crippen molar-refractivity contribution in [3.05, 3.63) is 0 Å². The van der Waals surface area contributed by atoms with Gasteiger partial charge in [-0.25, -0.2) is 0 Å². The van der Waals surface area contributed by atoms with Gasteiger partial charge in [0, 0.05) is 6.04 Å². The molecule has 0 aromatic heterocycles. The minimum atomic E-state index is 0.786. The molecule has 0 saturated carbocycles. The molecule has 2 saturated heterocycles. The first-order valence-electron chi connectivity index (χ1n) is 7.47. The Balaban J connectivity index is 1.48. The van der Waals surface area contributed by atoms with E-state index in [4.69, 9.17) is 0 Å². The Bertz CT molecular complexity index is 194. The number of hydrogen-bond donors (Lipinski definition) is 2. The highest BCUT2D eigenvalue weighted by Crippen LogP contribution is 2.15. The third kappa shape index (κ3) is 4.94. The van der Waals surface area contributed by atoms with Crippen LogP contribution in [0.4, 0.5) is 0 Å². The molecular formula is C14H29N3. The lowest BCUT2D eigenvalue weighted by Crippen LogP contribution is -2.38. The normalized spacial score (nSPS) is 28.4. The molecule has 2 heterocycles. The second kappa shape index (κ2) is 7.34. The molecule has 0 aromatic rings. The molecule has 2 fully saturated rings. The highest BCUT2D eigenvalue weighted by atomic mass is 15.1. The lowest BCUT2D eigenvalue weighted by molar-refractivity contribution is 0.215. The Kier molecular flexibility index (Phi) is 5.75. The molecule has 2 N–H and O–H groups in total. The molecule has 3 nitrogen and oxygen atoms in total. The lowest BCUT2D eigenvalue weighted by atomic mass is 9.97. The first kappa shape index (κ1) is 13.3. The monoisotopic (exact) mass is 239 g/mol. The largest absolute Gasteiger partial charge is 0.316 e. The van der Waals surface area contributed by atoms with Crippen LogP contribution in [-0.4, -0.2) is 50.7 Å². The fourth-order valence-corrected chi connectivity index (χ4v) is 3.02. The standard InChI is InChI=1S/C14H29N3/c1-17-10-6-13(7-11-17)12-15-9-5-14-4-2-3-8-16-14/h13-16H,2-12H2,1H3. The predicted molar refractivity (Wildman–Crippen MR) is 73.3 cm³/mol. The van der Waals surface area contributed by atoms with Gasteiger partial charge in [-0.15, -0.1) is 0 Å². The van der Waals surface area contributed by atoms with E-state index in [0.29, 0.717) is 0 Å². The third-order valence-electron chi connectivity index (χ3n) is 4.35. The van der Waals surface area contributed by atoms with Crippen molar-refractivity contribution in [2.75, 3.05) is 39.8 Å². The van der Waals surface area contributed by atoms with Crippen LogP contribution in [0.2, 0.25) is 0 Å². The summed E-state index contributed by atoms with van der Waals surface area (Å²) in [5, 5.41) is 7.28. The highest BCUT2D eigenvalue weighted by molar-refractivity contribution is 4.75. The Morgan fingerprint density at radius 3 is 2.71 bits per heavy atom. The number of likely N-dealkylation sites (tertiary alicyclic amines) is 1. The zero-order valence-corrected chi connectivity index (χ0v) is 11.4. The predicted octanol–water partition coefficient (Wildman–Crippen LogP) is 1.45. The Morgan fingerprint density at radius 1 is 1.18 bits per heavy atom. The molecule has 2 aliphatic rings. The van der Waals surface area contributed by atoms with Crippen LogP contribution in [0.15, 0.2) is 0 Å². The summed E-state index contributed by atoms with van der Waals surface area (Å²) < 4.78 is 0. The van der Waals surface area contributed by atoms with Crippen LogP contribution in [0.5, 0.6) is 0 Å². The van der Waals surface area contributed by atoms with Gasteiger partial charge in [0.05, 0.1) is 0 Å². The van der Waals surface area contributed by atoms with Gasteiger partial charge < -0.3 is 15.5 Å². The molecule has 0 amide bonds. The molecule has 3 heteroatoms. The molecule has 0 aliphatic carbocycles. The SMILES string of the molecule is CN1CCC(CNCCC2CCCCN2)CC1. The summed E-state index contributed by atoms with van der Waals surface area (Å²) in [4.78, 5) is 2.45. The summed E-state index contributed by atoms with van der Waals surface area (Å²) in [5.41, 5.74) is 0. The zero-order chi connectivity index (χ0) is 11.9. The van der Waals surface area contributed by atoms with Gasteiger partial charge in [-0.05, 0) is 77.8 Å². The van der Waals surface area contributed by atoms with Gasteiger partial charge in [0.1, 0.15) is 0 Å².